The normalized spacial score (nSPS) is 16.6. The van der Waals surface area contributed by atoms with E-state index in [1.54, 1.807) is 0 Å². The molecule has 0 aromatic heterocycles. The van der Waals surface area contributed by atoms with Crippen LogP contribution in [-0.2, 0) is 15.4 Å². The average molecular weight is 140 g/mol. The van der Waals surface area contributed by atoms with E-state index in [-0.39, 0.29) is 0 Å². The maximum atomic E-state index is 10.6. The molecule has 1 unspecified atom stereocenters. The zero-order chi connectivity index (χ0) is 6.08. The first-order chi connectivity index (χ1) is 2.94. The molecule has 0 bridgehead atoms. The van der Waals surface area contributed by atoms with Crippen LogP contribution in [0.1, 0.15) is 0 Å². The third kappa shape index (κ3) is 3.15. The smallest absolute Gasteiger partial charge is 0.259 e. The van der Waals surface area contributed by atoms with E-state index in [4.69, 9.17) is 0 Å². The maximum absolute atomic E-state index is 10.6. The van der Waals surface area contributed by atoms with Crippen molar-refractivity contribution in [3.05, 3.63) is 0 Å². The van der Waals surface area contributed by atoms with E-state index in [9.17, 15) is 9.12 Å². The molecule has 0 radical (unpaired) electrons. The molecule has 0 rings (SSSR count). The SMILES string of the molecule is C[S+]([O-])P(C)(C)=O. The minimum Gasteiger partial charge on any atom is -0.613 e. The summed E-state index contributed by atoms with van der Waals surface area (Å²) in [5.74, 6) is 0. The summed E-state index contributed by atoms with van der Waals surface area (Å²) in [4.78, 5) is 0. The summed E-state index contributed by atoms with van der Waals surface area (Å²) in [6.45, 7) is 3.03. The maximum Gasteiger partial charge on any atom is 0.259 e. The van der Waals surface area contributed by atoms with E-state index in [0.29, 0.717) is 0 Å². The van der Waals surface area contributed by atoms with E-state index in [2.05, 4.69) is 0 Å². The first kappa shape index (κ1) is 7.54. The van der Waals surface area contributed by atoms with Crippen LogP contribution in [0, 0.1) is 0 Å². The van der Waals surface area contributed by atoms with Crippen molar-refractivity contribution in [3.63, 3.8) is 0 Å². The monoisotopic (exact) mass is 140 g/mol. The molecule has 0 aromatic carbocycles. The largest absolute Gasteiger partial charge is 0.613 e. The number of hydrogen-bond donors (Lipinski definition) is 0. The van der Waals surface area contributed by atoms with Crippen molar-refractivity contribution in [2.24, 2.45) is 0 Å². The van der Waals surface area contributed by atoms with Gasteiger partial charge < -0.3 is 4.55 Å². The third-order valence-corrected chi connectivity index (χ3v) is 5.57. The fourth-order valence-electron chi connectivity index (χ4n) is 0. The molecule has 2 nitrogen and oxygen atoms in total. The van der Waals surface area contributed by atoms with E-state index in [1.807, 2.05) is 0 Å². The summed E-state index contributed by atoms with van der Waals surface area (Å²) < 4.78 is 20.9. The molecule has 0 amide bonds. The fourth-order valence-corrected chi connectivity index (χ4v) is 0. The molecule has 0 aliphatic rings. The first-order valence-electron chi connectivity index (χ1n) is 1.83. The van der Waals surface area contributed by atoms with Gasteiger partial charge in [0.2, 0.25) is 0 Å². The van der Waals surface area contributed by atoms with Gasteiger partial charge in [-0.05, 0) is 10.8 Å². The van der Waals surface area contributed by atoms with E-state index >= 15 is 0 Å². The second-order valence-electron chi connectivity index (χ2n) is 1.68. The number of rotatable bonds is 1. The minimum absolute atomic E-state index is 1.13. The summed E-state index contributed by atoms with van der Waals surface area (Å²) in [6, 6.07) is 0. The van der Waals surface area contributed by atoms with Crippen LogP contribution in [0.15, 0.2) is 0 Å². The Bertz CT molecular complexity index is 95.1. The molecular weight excluding hydrogens is 131 g/mol. The molecule has 0 aromatic rings. The highest BCUT2D eigenvalue weighted by molar-refractivity contribution is 8.51. The molecule has 0 spiro atoms. The van der Waals surface area contributed by atoms with E-state index in [1.165, 1.54) is 19.6 Å². The summed E-state index contributed by atoms with van der Waals surface area (Å²) >= 11 is 0. The highest BCUT2D eigenvalue weighted by Crippen LogP contribution is 2.42. The molecule has 0 aliphatic carbocycles. The summed E-state index contributed by atoms with van der Waals surface area (Å²) in [6.07, 6.45) is -0.806. The van der Waals surface area contributed by atoms with Gasteiger partial charge in [-0.2, -0.15) is 0 Å². The van der Waals surface area contributed by atoms with Crippen LogP contribution < -0.4 is 0 Å². The van der Waals surface area contributed by atoms with Gasteiger partial charge in [0.15, 0.2) is 0 Å². The molecule has 0 fully saturated rings. The Morgan fingerprint density at radius 3 is 1.71 bits per heavy atom. The highest BCUT2D eigenvalue weighted by atomic mass is 32.8. The molecule has 44 valence electrons. The van der Waals surface area contributed by atoms with Crippen LogP contribution in [0.2, 0.25) is 0 Å². The van der Waals surface area contributed by atoms with Gasteiger partial charge in [-0.15, -0.1) is 0 Å². The van der Waals surface area contributed by atoms with Crippen molar-refractivity contribution in [1.29, 1.82) is 0 Å². The molecular formula is C3H9O2PS. The highest BCUT2D eigenvalue weighted by Gasteiger charge is 2.16. The van der Waals surface area contributed by atoms with Gasteiger partial charge in [0, 0.05) is 13.3 Å². The van der Waals surface area contributed by atoms with Crippen LogP contribution in [-0.4, -0.2) is 24.1 Å². The Morgan fingerprint density at radius 2 is 1.71 bits per heavy atom. The lowest BCUT2D eigenvalue weighted by atomic mass is 11.9. The van der Waals surface area contributed by atoms with Gasteiger partial charge in [-0.1, -0.05) is 0 Å². The summed E-state index contributed by atoms with van der Waals surface area (Å²) in [7, 11) is -1.13. The zero-order valence-corrected chi connectivity index (χ0v) is 6.38. The Morgan fingerprint density at radius 1 is 1.57 bits per heavy atom. The van der Waals surface area contributed by atoms with Crippen molar-refractivity contribution in [3.8, 4) is 0 Å². The van der Waals surface area contributed by atoms with Crippen molar-refractivity contribution < 1.29 is 9.12 Å². The Kier molecular flexibility index (Phi) is 2.38. The Balaban J connectivity index is 3.80. The summed E-state index contributed by atoms with van der Waals surface area (Å²) in [5.41, 5.74) is 0. The van der Waals surface area contributed by atoms with Crippen LogP contribution in [0.25, 0.3) is 0 Å². The van der Waals surface area contributed by atoms with Crippen molar-refractivity contribution in [2.45, 2.75) is 0 Å². The second-order valence-corrected chi connectivity index (χ2v) is 9.21. The predicted molar refractivity (Wildman–Crippen MR) is 33.5 cm³/mol. The van der Waals surface area contributed by atoms with Crippen molar-refractivity contribution in [1.82, 2.24) is 0 Å². The summed E-state index contributed by atoms with van der Waals surface area (Å²) in [5, 5.41) is 0. The Labute approximate surface area is 46.6 Å². The quantitative estimate of drug-likeness (QED) is 0.401. The molecule has 0 saturated carbocycles. The molecule has 0 N–H and O–H groups in total. The number of hydrogen-bond acceptors (Lipinski definition) is 2. The molecule has 4 heteroatoms. The molecule has 7 heavy (non-hydrogen) atoms. The second kappa shape index (κ2) is 2.21. The minimum atomic E-state index is -2.27. The zero-order valence-electron chi connectivity index (χ0n) is 4.67. The molecule has 0 heterocycles. The lowest BCUT2D eigenvalue weighted by Crippen LogP contribution is -1.93. The van der Waals surface area contributed by atoms with Crippen LogP contribution in [0.3, 0.4) is 0 Å². The fraction of sp³-hybridized carbons (Fsp3) is 1.00. The van der Waals surface area contributed by atoms with Crippen molar-refractivity contribution >= 4 is 17.1 Å². The Hall–Kier alpha value is 0.540. The van der Waals surface area contributed by atoms with Gasteiger partial charge in [0.25, 0.3) is 6.34 Å². The van der Waals surface area contributed by atoms with Gasteiger partial charge in [-0.25, -0.2) is 0 Å². The van der Waals surface area contributed by atoms with Crippen LogP contribution in [0.4, 0.5) is 0 Å². The first-order valence-corrected chi connectivity index (χ1v) is 6.60. The van der Waals surface area contributed by atoms with Crippen LogP contribution in [0.5, 0.6) is 0 Å². The topological polar surface area (TPSA) is 40.1 Å². The predicted octanol–water partition coefficient (Wildman–Crippen LogP) is 0.903. The standard InChI is InChI=1S/C3H9O2PS/c1-6(2,4)7(3)5/h1-3H3. The lowest BCUT2D eigenvalue weighted by Gasteiger charge is -2.07. The molecule has 0 aliphatic heterocycles. The van der Waals surface area contributed by atoms with E-state index in [0.717, 1.165) is 0 Å². The van der Waals surface area contributed by atoms with Gasteiger partial charge in [-0.3, -0.25) is 4.57 Å². The van der Waals surface area contributed by atoms with E-state index < -0.39 is 17.1 Å². The lowest BCUT2D eigenvalue weighted by molar-refractivity contribution is 0.578. The molecule has 1 atom stereocenters. The van der Waals surface area contributed by atoms with Crippen molar-refractivity contribution in [2.75, 3.05) is 19.6 Å². The van der Waals surface area contributed by atoms with Gasteiger partial charge >= 0.3 is 0 Å². The van der Waals surface area contributed by atoms with Gasteiger partial charge in [0.05, 0.1) is 6.26 Å². The van der Waals surface area contributed by atoms with Gasteiger partial charge in [0.1, 0.15) is 0 Å². The van der Waals surface area contributed by atoms with Crippen LogP contribution >= 0.6 is 6.34 Å². The molecule has 0 saturated heterocycles. The average Bonchev–Trinajstić information content (AvgIpc) is 1.31. The third-order valence-electron chi connectivity index (χ3n) is 0.619.